The smallest absolute Gasteiger partial charge is 0.399 e. The average molecular weight is 278 g/mol. The Labute approximate surface area is 75.2 Å². The van der Waals surface area contributed by atoms with Gasteiger partial charge < -0.3 is 11.1 Å². The lowest BCUT2D eigenvalue weighted by Crippen LogP contribution is -2.24. The van der Waals surface area contributed by atoms with Gasteiger partial charge in [-0.25, -0.2) is 0 Å². The molecule has 6 heteroatoms. The predicted octanol–water partition coefficient (Wildman–Crippen LogP) is 1.13. The van der Waals surface area contributed by atoms with Gasteiger partial charge in [0.1, 0.15) is 5.70 Å². The number of nitrogens with two attached hydrogens (primary N) is 1. The Kier molecular flexibility index (Phi) is 2.22. The molecule has 1 aliphatic heterocycles. The number of hydrogen-bond acceptors (Lipinski definition) is 2. The van der Waals surface area contributed by atoms with E-state index in [2.05, 4.69) is 5.32 Å². The Morgan fingerprint density at radius 3 is 2.27 bits per heavy atom. The van der Waals surface area contributed by atoms with Crippen LogP contribution in [0.25, 0.3) is 0 Å². The summed E-state index contributed by atoms with van der Waals surface area (Å²) >= 11 is 1.87. The third-order valence-corrected chi connectivity index (χ3v) is 2.48. The van der Waals surface area contributed by atoms with Gasteiger partial charge in [0.15, 0.2) is 0 Å². The van der Waals surface area contributed by atoms with Crippen LogP contribution in [0, 0.1) is 0 Å². The molecule has 0 aromatic heterocycles. The van der Waals surface area contributed by atoms with Crippen molar-refractivity contribution in [2.45, 2.75) is 10.1 Å². The van der Waals surface area contributed by atoms with Crippen LogP contribution in [0.4, 0.5) is 13.2 Å². The van der Waals surface area contributed by atoms with Crippen LogP contribution in [-0.4, -0.2) is 16.6 Å². The molecule has 0 saturated carbocycles. The van der Waals surface area contributed by atoms with Crippen molar-refractivity contribution < 1.29 is 13.2 Å². The fourth-order valence-electron chi connectivity index (χ4n) is 0.824. The van der Waals surface area contributed by atoms with Crippen LogP contribution in [0.3, 0.4) is 0 Å². The number of allylic oxidation sites excluding steroid dienone is 1. The maximum atomic E-state index is 12.0. The lowest BCUT2D eigenvalue weighted by Gasteiger charge is -2.08. The van der Waals surface area contributed by atoms with E-state index < -0.39 is 11.9 Å². The van der Waals surface area contributed by atoms with Crippen molar-refractivity contribution in [2.24, 2.45) is 5.73 Å². The molecule has 0 aliphatic carbocycles. The molecule has 1 rings (SSSR count). The first kappa shape index (κ1) is 8.95. The van der Waals surface area contributed by atoms with Crippen LogP contribution >= 0.6 is 22.6 Å². The molecule has 0 aromatic rings. The lowest BCUT2D eigenvalue weighted by atomic mass is 10.3. The monoisotopic (exact) mass is 278 g/mol. The summed E-state index contributed by atoms with van der Waals surface area (Å²) in [7, 11) is 0. The highest BCUT2D eigenvalue weighted by molar-refractivity contribution is 14.1. The van der Waals surface area contributed by atoms with Gasteiger partial charge in [-0.2, -0.15) is 13.2 Å². The highest BCUT2D eigenvalue weighted by atomic mass is 127. The number of rotatable bonds is 0. The minimum absolute atomic E-state index is 0.0990. The number of nitrogens with one attached hydrogen (secondary N) is 1. The molecule has 0 aromatic carbocycles. The molecule has 0 amide bonds. The molecule has 0 saturated heterocycles. The van der Waals surface area contributed by atoms with Crippen molar-refractivity contribution >= 4 is 22.6 Å². The van der Waals surface area contributed by atoms with E-state index >= 15 is 0 Å². The van der Waals surface area contributed by atoms with Crippen molar-refractivity contribution in [3.05, 3.63) is 11.4 Å². The molecule has 1 atom stereocenters. The number of alkyl halides is 4. The van der Waals surface area contributed by atoms with Gasteiger partial charge in [0.25, 0.3) is 0 Å². The Morgan fingerprint density at radius 2 is 2.09 bits per heavy atom. The van der Waals surface area contributed by atoms with E-state index in [-0.39, 0.29) is 16.2 Å². The van der Waals surface area contributed by atoms with E-state index in [1.54, 1.807) is 0 Å². The van der Waals surface area contributed by atoms with E-state index in [9.17, 15) is 13.2 Å². The molecule has 0 bridgehead atoms. The normalized spacial score (nSPS) is 25.6. The minimum atomic E-state index is -4.33. The molecule has 3 N–H and O–H groups in total. The highest BCUT2D eigenvalue weighted by Gasteiger charge is 2.40. The second-order valence-corrected chi connectivity index (χ2v) is 3.68. The first-order valence-electron chi connectivity index (χ1n) is 2.87. The van der Waals surface area contributed by atoms with Gasteiger partial charge in [-0.15, -0.1) is 0 Å². The third kappa shape index (κ3) is 1.71. The number of halogens is 4. The van der Waals surface area contributed by atoms with E-state index in [0.29, 0.717) is 0 Å². The van der Waals surface area contributed by atoms with E-state index in [4.69, 9.17) is 5.73 Å². The summed E-state index contributed by atoms with van der Waals surface area (Å²) in [5.74, 6) is 0. The fraction of sp³-hybridized carbons (Fsp3) is 0.600. The fourth-order valence-corrected chi connectivity index (χ4v) is 1.36. The lowest BCUT2D eigenvalue weighted by molar-refractivity contribution is -0.0962. The largest absolute Gasteiger partial charge is 0.432 e. The van der Waals surface area contributed by atoms with Gasteiger partial charge in [-0.3, -0.25) is 0 Å². The van der Waals surface area contributed by atoms with E-state index in [0.717, 1.165) is 0 Å². The van der Waals surface area contributed by atoms with Crippen LogP contribution in [0.1, 0.15) is 0 Å². The van der Waals surface area contributed by atoms with Gasteiger partial charge in [0, 0.05) is 6.54 Å². The third-order valence-electron chi connectivity index (χ3n) is 1.37. The van der Waals surface area contributed by atoms with Crippen LogP contribution in [0.2, 0.25) is 0 Å². The molecule has 1 heterocycles. The Morgan fingerprint density at radius 1 is 1.55 bits per heavy atom. The summed E-state index contributed by atoms with van der Waals surface area (Å²) < 4.78 is 35.7. The summed E-state index contributed by atoms with van der Waals surface area (Å²) in [5.41, 5.74) is 4.32. The van der Waals surface area contributed by atoms with Gasteiger partial charge in [0.2, 0.25) is 0 Å². The zero-order valence-corrected chi connectivity index (χ0v) is 7.53. The zero-order valence-electron chi connectivity index (χ0n) is 5.37. The maximum absolute atomic E-state index is 12.0. The topological polar surface area (TPSA) is 38.0 Å². The van der Waals surface area contributed by atoms with Gasteiger partial charge in [-0.1, -0.05) is 22.6 Å². The first-order chi connectivity index (χ1) is 4.93. The van der Waals surface area contributed by atoms with Crippen LogP contribution in [-0.2, 0) is 0 Å². The average Bonchev–Trinajstić information content (AvgIpc) is 2.11. The summed E-state index contributed by atoms with van der Waals surface area (Å²) in [4.78, 5) is 0. The molecule has 0 radical (unpaired) electrons. The van der Waals surface area contributed by atoms with Crippen LogP contribution in [0.5, 0.6) is 0 Å². The second kappa shape index (κ2) is 2.72. The summed E-state index contributed by atoms with van der Waals surface area (Å²) in [6.07, 6.45) is -4.33. The molecule has 11 heavy (non-hydrogen) atoms. The highest BCUT2D eigenvalue weighted by Crippen LogP contribution is 2.30. The molecule has 1 aliphatic rings. The quantitative estimate of drug-likeness (QED) is 0.515. The van der Waals surface area contributed by atoms with Crippen LogP contribution < -0.4 is 11.1 Å². The molecule has 1 unspecified atom stereocenters. The first-order valence-corrected chi connectivity index (χ1v) is 4.12. The van der Waals surface area contributed by atoms with Crippen molar-refractivity contribution in [1.82, 2.24) is 5.32 Å². The SMILES string of the molecule is NC1=C(C(F)(F)F)NCC1I. The Bertz CT molecular complexity index is 198. The molecular formula is C5H6F3IN2. The second-order valence-electron chi connectivity index (χ2n) is 2.18. The van der Waals surface area contributed by atoms with Crippen molar-refractivity contribution in [3.63, 3.8) is 0 Å². The van der Waals surface area contributed by atoms with E-state index in [1.165, 1.54) is 0 Å². The van der Waals surface area contributed by atoms with Gasteiger partial charge >= 0.3 is 6.18 Å². The van der Waals surface area contributed by atoms with Crippen molar-refractivity contribution in [3.8, 4) is 0 Å². The Balaban J connectivity index is 2.88. The number of hydrogen-bond donors (Lipinski definition) is 2. The molecule has 2 nitrogen and oxygen atoms in total. The van der Waals surface area contributed by atoms with Crippen LogP contribution in [0.15, 0.2) is 11.4 Å². The summed E-state index contributed by atoms with van der Waals surface area (Å²) in [6, 6.07) is 0. The molecule has 64 valence electrons. The van der Waals surface area contributed by atoms with Gasteiger partial charge in [0.05, 0.1) is 9.62 Å². The zero-order chi connectivity index (χ0) is 8.65. The van der Waals surface area contributed by atoms with Crippen molar-refractivity contribution in [1.29, 1.82) is 0 Å². The predicted molar refractivity (Wildman–Crippen MR) is 43.1 cm³/mol. The molecular weight excluding hydrogens is 272 g/mol. The Hall–Kier alpha value is -0.140. The maximum Gasteiger partial charge on any atom is 0.432 e. The molecule has 0 spiro atoms. The molecule has 0 fully saturated rings. The van der Waals surface area contributed by atoms with Gasteiger partial charge in [-0.05, 0) is 0 Å². The minimum Gasteiger partial charge on any atom is -0.399 e. The van der Waals surface area contributed by atoms with Crippen molar-refractivity contribution in [2.75, 3.05) is 6.54 Å². The summed E-state index contributed by atoms with van der Waals surface area (Å²) in [5, 5.41) is 2.22. The standard InChI is InChI=1S/C5H6F3IN2/c6-5(7,8)4-3(10)2(9)1-11-4/h2,11H,1,10H2. The van der Waals surface area contributed by atoms with E-state index in [1.807, 2.05) is 22.6 Å². The summed E-state index contributed by atoms with van der Waals surface area (Å²) in [6.45, 7) is 0.265.